The lowest BCUT2D eigenvalue weighted by atomic mass is 10.1. The van der Waals surface area contributed by atoms with Crippen LogP contribution < -0.4 is 18.9 Å². The van der Waals surface area contributed by atoms with Crippen LogP contribution in [0.2, 0.25) is 0 Å². The molecule has 3 aromatic carbocycles. The summed E-state index contributed by atoms with van der Waals surface area (Å²) in [6, 6.07) is 20.3. The highest BCUT2D eigenvalue weighted by Crippen LogP contribution is 2.22. The third-order valence-electron chi connectivity index (χ3n) is 7.24. The van der Waals surface area contributed by atoms with E-state index in [1.807, 2.05) is 0 Å². The van der Waals surface area contributed by atoms with E-state index in [-0.39, 0.29) is 0 Å². The molecule has 238 valence electrons. The average molecular weight is 668 g/mol. The van der Waals surface area contributed by atoms with E-state index >= 15 is 0 Å². The second-order valence-electron chi connectivity index (χ2n) is 10.9. The van der Waals surface area contributed by atoms with Gasteiger partial charge in [-0.2, -0.15) is 0 Å². The van der Waals surface area contributed by atoms with E-state index in [4.69, 9.17) is 18.9 Å². The van der Waals surface area contributed by atoms with Gasteiger partial charge in [-0.25, -0.2) is 9.59 Å². The van der Waals surface area contributed by atoms with Gasteiger partial charge in [-0.3, -0.25) is 0 Å². The fourth-order valence-electron chi connectivity index (χ4n) is 4.63. The van der Waals surface area contributed by atoms with Crippen LogP contribution in [0.15, 0.2) is 72.8 Å². The lowest BCUT2D eigenvalue weighted by Crippen LogP contribution is -2.09. The van der Waals surface area contributed by atoms with Crippen molar-refractivity contribution in [3.63, 3.8) is 0 Å². The summed E-state index contributed by atoms with van der Waals surface area (Å²) < 4.78 is 22.6. The largest absolute Gasteiger partial charge is 0.494 e. The Labute approximate surface area is 271 Å². The molecule has 0 saturated heterocycles. The number of hydrogen-bond donors (Lipinski definition) is 0. The summed E-state index contributed by atoms with van der Waals surface area (Å²) in [5.41, 5.74) is 0.854. The molecule has 0 aliphatic rings. The number of carbonyl (C=O) groups is 2. The molecule has 0 amide bonds. The number of esters is 2. The quantitative estimate of drug-likeness (QED) is 0.0460. The lowest BCUT2D eigenvalue weighted by Gasteiger charge is -2.09. The summed E-state index contributed by atoms with van der Waals surface area (Å²) in [5, 5.41) is 1.09. The molecule has 6 nitrogen and oxygen atoms in total. The molecular formula is C37H47BrO6. The highest BCUT2D eigenvalue weighted by molar-refractivity contribution is 9.09. The van der Waals surface area contributed by atoms with Crippen LogP contribution in [0.5, 0.6) is 23.0 Å². The van der Waals surface area contributed by atoms with Crippen LogP contribution >= 0.6 is 15.9 Å². The van der Waals surface area contributed by atoms with Gasteiger partial charge in [0.2, 0.25) is 0 Å². The molecular weight excluding hydrogens is 620 g/mol. The van der Waals surface area contributed by atoms with Gasteiger partial charge >= 0.3 is 11.9 Å². The average Bonchev–Trinajstić information content (AvgIpc) is 3.05. The van der Waals surface area contributed by atoms with Crippen molar-refractivity contribution in [2.45, 2.75) is 90.4 Å². The zero-order chi connectivity index (χ0) is 31.2. The summed E-state index contributed by atoms with van der Waals surface area (Å²) in [6.07, 6.45) is 15.8. The number of halogens is 1. The number of hydrogen-bond acceptors (Lipinski definition) is 6. The van der Waals surface area contributed by atoms with Gasteiger partial charge < -0.3 is 18.9 Å². The summed E-state index contributed by atoms with van der Waals surface area (Å²) >= 11 is 3.47. The van der Waals surface area contributed by atoms with Gasteiger partial charge in [0, 0.05) is 5.33 Å². The van der Waals surface area contributed by atoms with Crippen molar-refractivity contribution >= 4 is 27.9 Å². The second kappa shape index (κ2) is 21.4. The summed E-state index contributed by atoms with van der Waals surface area (Å²) in [4.78, 5) is 25.2. The first-order valence-corrected chi connectivity index (χ1v) is 17.3. The van der Waals surface area contributed by atoms with Crippen LogP contribution in [0.25, 0.3) is 0 Å². The van der Waals surface area contributed by atoms with E-state index in [1.54, 1.807) is 72.8 Å². The Balaban J connectivity index is 1.34. The van der Waals surface area contributed by atoms with Crippen molar-refractivity contribution in [3.8, 4) is 23.0 Å². The molecule has 0 aliphatic heterocycles. The highest BCUT2D eigenvalue weighted by atomic mass is 79.9. The van der Waals surface area contributed by atoms with E-state index < -0.39 is 11.9 Å². The molecule has 44 heavy (non-hydrogen) atoms. The molecule has 0 bridgehead atoms. The van der Waals surface area contributed by atoms with Crippen LogP contribution in [-0.2, 0) is 0 Å². The van der Waals surface area contributed by atoms with Crippen molar-refractivity contribution in [1.29, 1.82) is 0 Å². The van der Waals surface area contributed by atoms with Crippen molar-refractivity contribution in [1.82, 2.24) is 0 Å². The van der Waals surface area contributed by atoms with Crippen LogP contribution in [0.3, 0.4) is 0 Å². The first kappa shape index (κ1) is 35.2. The summed E-state index contributed by atoms with van der Waals surface area (Å²) in [6.45, 7) is 3.55. The van der Waals surface area contributed by atoms with Crippen molar-refractivity contribution < 1.29 is 28.5 Å². The van der Waals surface area contributed by atoms with Gasteiger partial charge in [-0.05, 0) is 92.1 Å². The van der Waals surface area contributed by atoms with Crippen LogP contribution in [0.1, 0.15) is 111 Å². The molecule has 0 heterocycles. The minimum atomic E-state index is -0.472. The zero-order valence-electron chi connectivity index (χ0n) is 26.1. The third kappa shape index (κ3) is 14.0. The smallest absolute Gasteiger partial charge is 0.343 e. The molecule has 0 unspecified atom stereocenters. The number of rotatable bonds is 22. The fraction of sp³-hybridized carbons (Fsp3) is 0.459. The highest BCUT2D eigenvalue weighted by Gasteiger charge is 2.12. The van der Waals surface area contributed by atoms with E-state index in [2.05, 4.69) is 22.9 Å². The summed E-state index contributed by atoms with van der Waals surface area (Å²) in [7, 11) is 0. The van der Waals surface area contributed by atoms with Crippen molar-refractivity contribution in [2.75, 3.05) is 18.5 Å². The van der Waals surface area contributed by atoms with Crippen molar-refractivity contribution in [2.24, 2.45) is 0 Å². The molecule has 0 spiro atoms. The second-order valence-corrected chi connectivity index (χ2v) is 11.7. The van der Waals surface area contributed by atoms with E-state index in [0.29, 0.717) is 35.8 Å². The maximum atomic E-state index is 12.6. The molecule has 0 fully saturated rings. The van der Waals surface area contributed by atoms with Gasteiger partial charge in [0.1, 0.15) is 23.0 Å². The zero-order valence-corrected chi connectivity index (χ0v) is 27.7. The molecule has 0 N–H and O–H groups in total. The van der Waals surface area contributed by atoms with Gasteiger partial charge in [0.25, 0.3) is 0 Å². The first-order valence-electron chi connectivity index (χ1n) is 16.1. The maximum absolute atomic E-state index is 12.6. The molecule has 0 atom stereocenters. The van der Waals surface area contributed by atoms with Crippen LogP contribution in [0.4, 0.5) is 0 Å². The van der Waals surface area contributed by atoms with Crippen LogP contribution in [-0.4, -0.2) is 30.5 Å². The Hall–Kier alpha value is -3.32. The SMILES string of the molecule is CCCCCCCCOc1ccc(C(=O)Oc2ccc(OC(=O)c3ccc(OCCCCCCCCCBr)cc3)cc2)cc1. The van der Waals surface area contributed by atoms with Gasteiger partial charge in [-0.1, -0.05) is 87.1 Å². The van der Waals surface area contributed by atoms with E-state index in [9.17, 15) is 9.59 Å². The minimum Gasteiger partial charge on any atom is -0.494 e. The van der Waals surface area contributed by atoms with E-state index in [0.717, 1.165) is 29.7 Å². The Morgan fingerprint density at radius 2 is 0.818 bits per heavy atom. The fourth-order valence-corrected chi connectivity index (χ4v) is 5.02. The number of alkyl halides is 1. The topological polar surface area (TPSA) is 71.1 Å². The molecule has 0 aromatic heterocycles. The molecule has 7 heteroatoms. The van der Waals surface area contributed by atoms with E-state index in [1.165, 1.54) is 70.6 Å². The number of unbranched alkanes of at least 4 members (excludes halogenated alkanes) is 11. The Morgan fingerprint density at radius 3 is 1.20 bits per heavy atom. The van der Waals surface area contributed by atoms with Crippen LogP contribution in [0, 0.1) is 0 Å². The standard InChI is InChI=1S/C37H47BrO6/c1-2-3-4-5-10-13-28-41-32-19-15-30(16-20-32)36(39)43-34-23-25-35(26-24-34)44-37(40)31-17-21-33(22-18-31)42-29-14-11-8-6-7-9-12-27-38/h15-26H,2-14,27-29H2,1H3. The van der Waals surface area contributed by atoms with Gasteiger partial charge in [0.05, 0.1) is 24.3 Å². The monoisotopic (exact) mass is 666 g/mol. The van der Waals surface area contributed by atoms with Gasteiger partial charge in [0.15, 0.2) is 0 Å². The molecule has 3 aromatic rings. The molecule has 3 rings (SSSR count). The number of ether oxygens (including phenoxy) is 4. The Kier molecular flexibility index (Phi) is 17.1. The Bertz CT molecular complexity index is 1210. The summed E-state index contributed by atoms with van der Waals surface area (Å²) in [5.74, 6) is 1.24. The molecule has 0 aliphatic carbocycles. The number of carbonyl (C=O) groups excluding carboxylic acids is 2. The lowest BCUT2D eigenvalue weighted by molar-refractivity contribution is 0.0719. The molecule has 0 radical (unpaired) electrons. The maximum Gasteiger partial charge on any atom is 0.343 e. The molecule has 0 saturated carbocycles. The normalized spacial score (nSPS) is 10.8. The number of benzene rings is 3. The first-order chi connectivity index (χ1) is 21.6. The Morgan fingerprint density at radius 1 is 0.477 bits per heavy atom. The third-order valence-corrected chi connectivity index (χ3v) is 7.80. The predicted molar refractivity (Wildman–Crippen MR) is 180 cm³/mol. The van der Waals surface area contributed by atoms with Gasteiger partial charge in [-0.15, -0.1) is 0 Å². The minimum absolute atomic E-state index is 0.356. The van der Waals surface area contributed by atoms with Crippen molar-refractivity contribution in [3.05, 3.63) is 83.9 Å². The predicted octanol–water partition coefficient (Wildman–Crippen LogP) is 10.4.